The minimum absolute atomic E-state index is 0.0630. The Bertz CT molecular complexity index is 1230. The second-order valence-electron chi connectivity index (χ2n) is 8.32. The number of carboxylic acids is 1. The van der Waals surface area contributed by atoms with E-state index in [4.69, 9.17) is 21.4 Å². The summed E-state index contributed by atoms with van der Waals surface area (Å²) in [5.41, 5.74) is 5.08. The molecule has 0 fully saturated rings. The molecule has 7 nitrogen and oxygen atoms in total. The number of halogens is 1. The van der Waals surface area contributed by atoms with Gasteiger partial charge in [0.15, 0.2) is 0 Å². The number of carbonyl (C=O) groups is 3. The Morgan fingerprint density at radius 1 is 1.00 bits per heavy atom. The summed E-state index contributed by atoms with van der Waals surface area (Å²) in [6, 6.07) is 20.1. The van der Waals surface area contributed by atoms with Gasteiger partial charge in [-0.05, 0) is 46.9 Å². The Morgan fingerprint density at radius 2 is 1.63 bits per heavy atom. The maximum absolute atomic E-state index is 12.5. The molecule has 3 aromatic carbocycles. The van der Waals surface area contributed by atoms with Crippen LogP contribution in [0.3, 0.4) is 0 Å². The molecule has 1 atom stereocenters. The van der Waals surface area contributed by atoms with Crippen molar-refractivity contribution in [3.8, 4) is 11.1 Å². The zero-order valence-electron chi connectivity index (χ0n) is 19.1. The van der Waals surface area contributed by atoms with Crippen LogP contribution in [0.5, 0.6) is 0 Å². The molecule has 0 radical (unpaired) electrons. The van der Waals surface area contributed by atoms with Crippen LogP contribution in [0.4, 0.5) is 10.5 Å². The number of ether oxygens (including phenoxy) is 1. The lowest BCUT2D eigenvalue weighted by atomic mass is 9.98. The van der Waals surface area contributed by atoms with Crippen molar-refractivity contribution in [2.75, 3.05) is 11.9 Å². The molecular formula is C27H25ClN2O5. The minimum Gasteiger partial charge on any atom is -0.481 e. The Kier molecular flexibility index (Phi) is 7.36. The molecule has 0 saturated carbocycles. The van der Waals surface area contributed by atoms with Crippen molar-refractivity contribution in [3.05, 3.63) is 88.4 Å². The monoisotopic (exact) mass is 492 g/mol. The lowest BCUT2D eigenvalue weighted by Gasteiger charge is -2.16. The summed E-state index contributed by atoms with van der Waals surface area (Å²) in [4.78, 5) is 35.9. The first kappa shape index (κ1) is 24.3. The summed E-state index contributed by atoms with van der Waals surface area (Å²) in [5, 5.41) is 14.4. The Balaban J connectivity index is 1.38. The van der Waals surface area contributed by atoms with Gasteiger partial charge < -0.3 is 15.2 Å². The zero-order chi connectivity index (χ0) is 24.9. The first-order valence-corrected chi connectivity index (χ1v) is 11.7. The van der Waals surface area contributed by atoms with Gasteiger partial charge in [-0.1, -0.05) is 67.1 Å². The largest absolute Gasteiger partial charge is 0.481 e. The molecule has 180 valence electrons. The van der Waals surface area contributed by atoms with Gasteiger partial charge in [0.1, 0.15) is 6.61 Å². The number of nitrogens with one attached hydrogen (secondary N) is 2. The van der Waals surface area contributed by atoms with Crippen molar-refractivity contribution in [3.63, 3.8) is 0 Å². The SMILES string of the molecule is CCC(CC(=O)O)NC(=O)c1ccc(NC(=O)OCC2c3ccccc3-c3ccccc32)c(Cl)c1. The zero-order valence-corrected chi connectivity index (χ0v) is 19.8. The Labute approximate surface area is 208 Å². The molecule has 0 aliphatic heterocycles. The van der Waals surface area contributed by atoms with Crippen LogP contribution in [0.2, 0.25) is 5.02 Å². The molecule has 0 bridgehead atoms. The highest BCUT2D eigenvalue weighted by atomic mass is 35.5. The van der Waals surface area contributed by atoms with Gasteiger partial charge in [-0.15, -0.1) is 0 Å². The lowest BCUT2D eigenvalue weighted by molar-refractivity contribution is -0.137. The van der Waals surface area contributed by atoms with Crippen molar-refractivity contribution in [1.82, 2.24) is 5.32 Å². The molecule has 0 saturated heterocycles. The van der Waals surface area contributed by atoms with Crippen LogP contribution in [-0.4, -0.2) is 35.7 Å². The average molecular weight is 493 g/mol. The maximum atomic E-state index is 12.5. The van der Waals surface area contributed by atoms with Gasteiger partial charge in [0.25, 0.3) is 5.91 Å². The number of rotatable bonds is 8. The summed E-state index contributed by atoms with van der Waals surface area (Å²) in [7, 11) is 0. The van der Waals surface area contributed by atoms with Crippen LogP contribution in [0.25, 0.3) is 11.1 Å². The summed E-state index contributed by atoms with van der Waals surface area (Å²) >= 11 is 6.29. The van der Waals surface area contributed by atoms with E-state index in [-0.39, 0.29) is 29.5 Å². The molecule has 1 aliphatic rings. The molecule has 2 amide bonds. The molecule has 3 N–H and O–H groups in total. The van der Waals surface area contributed by atoms with Gasteiger partial charge in [-0.2, -0.15) is 0 Å². The average Bonchev–Trinajstić information content (AvgIpc) is 3.17. The Morgan fingerprint density at radius 3 is 2.20 bits per heavy atom. The van der Waals surface area contributed by atoms with Crippen molar-refractivity contribution in [2.45, 2.75) is 31.7 Å². The third-order valence-electron chi connectivity index (χ3n) is 6.06. The van der Waals surface area contributed by atoms with Crippen LogP contribution in [-0.2, 0) is 9.53 Å². The second-order valence-corrected chi connectivity index (χ2v) is 8.73. The molecule has 1 aliphatic carbocycles. The molecule has 0 aromatic heterocycles. The van der Waals surface area contributed by atoms with E-state index < -0.39 is 24.0 Å². The van der Waals surface area contributed by atoms with E-state index in [2.05, 4.69) is 22.8 Å². The van der Waals surface area contributed by atoms with E-state index >= 15 is 0 Å². The minimum atomic E-state index is -0.988. The fourth-order valence-corrected chi connectivity index (χ4v) is 4.51. The van der Waals surface area contributed by atoms with Gasteiger partial charge in [0, 0.05) is 17.5 Å². The third kappa shape index (κ3) is 5.46. The number of fused-ring (bicyclic) bond motifs is 3. The predicted octanol–water partition coefficient (Wildman–Crippen LogP) is 5.68. The van der Waals surface area contributed by atoms with Crippen LogP contribution < -0.4 is 10.6 Å². The van der Waals surface area contributed by atoms with Crippen molar-refractivity contribution < 1.29 is 24.2 Å². The number of aliphatic carboxylic acids is 1. The van der Waals surface area contributed by atoms with Gasteiger partial charge in [-0.25, -0.2) is 4.79 Å². The highest BCUT2D eigenvalue weighted by Crippen LogP contribution is 2.44. The first-order valence-electron chi connectivity index (χ1n) is 11.3. The molecule has 3 aromatic rings. The molecule has 0 spiro atoms. The lowest BCUT2D eigenvalue weighted by Crippen LogP contribution is -2.36. The second kappa shape index (κ2) is 10.6. The number of benzene rings is 3. The summed E-state index contributed by atoms with van der Waals surface area (Å²) in [6.45, 7) is 1.96. The molecular weight excluding hydrogens is 468 g/mol. The van der Waals surface area contributed by atoms with E-state index in [1.165, 1.54) is 18.2 Å². The van der Waals surface area contributed by atoms with E-state index in [1.807, 2.05) is 36.4 Å². The fourth-order valence-electron chi connectivity index (χ4n) is 4.28. The van der Waals surface area contributed by atoms with Crippen LogP contribution in [0.1, 0.15) is 47.2 Å². The van der Waals surface area contributed by atoms with Crippen molar-refractivity contribution in [1.29, 1.82) is 0 Å². The highest BCUT2D eigenvalue weighted by Gasteiger charge is 2.29. The van der Waals surface area contributed by atoms with E-state index in [1.54, 1.807) is 6.92 Å². The van der Waals surface area contributed by atoms with Crippen LogP contribution in [0, 0.1) is 0 Å². The topological polar surface area (TPSA) is 105 Å². The Hall–Kier alpha value is -3.84. The number of carbonyl (C=O) groups excluding carboxylic acids is 2. The number of hydrogen-bond acceptors (Lipinski definition) is 4. The molecule has 35 heavy (non-hydrogen) atoms. The van der Waals surface area contributed by atoms with Crippen LogP contribution in [0.15, 0.2) is 66.7 Å². The molecule has 4 rings (SSSR count). The number of hydrogen-bond donors (Lipinski definition) is 3. The molecule has 8 heteroatoms. The van der Waals surface area contributed by atoms with Crippen molar-refractivity contribution in [2.24, 2.45) is 0 Å². The van der Waals surface area contributed by atoms with E-state index in [0.29, 0.717) is 12.1 Å². The smallest absolute Gasteiger partial charge is 0.411 e. The number of amides is 2. The van der Waals surface area contributed by atoms with Crippen molar-refractivity contribution >= 4 is 35.3 Å². The molecule has 1 unspecified atom stereocenters. The van der Waals surface area contributed by atoms with Gasteiger partial charge >= 0.3 is 12.1 Å². The predicted molar refractivity (Wildman–Crippen MR) is 134 cm³/mol. The van der Waals surface area contributed by atoms with Gasteiger partial charge in [0.05, 0.1) is 17.1 Å². The first-order chi connectivity index (χ1) is 16.9. The van der Waals surface area contributed by atoms with E-state index in [9.17, 15) is 14.4 Å². The quantitative estimate of drug-likeness (QED) is 0.375. The third-order valence-corrected chi connectivity index (χ3v) is 6.37. The number of carboxylic acid groups (broad SMARTS) is 1. The van der Waals surface area contributed by atoms with E-state index in [0.717, 1.165) is 22.3 Å². The van der Waals surface area contributed by atoms with Gasteiger partial charge in [-0.3, -0.25) is 14.9 Å². The maximum Gasteiger partial charge on any atom is 0.411 e. The number of anilines is 1. The standard InChI is InChI=1S/C27H25ClN2O5/c1-2-17(14-25(31)32)29-26(33)16-11-12-24(23(28)13-16)30-27(34)35-15-22-20-9-5-3-7-18(20)19-8-4-6-10-21(19)22/h3-13,17,22H,2,14-15H2,1H3,(H,29,33)(H,30,34)(H,31,32). The van der Waals surface area contributed by atoms with Gasteiger partial charge in [0.2, 0.25) is 0 Å². The van der Waals surface area contributed by atoms with Crippen LogP contribution >= 0.6 is 11.6 Å². The fraction of sp³-hybridized carbons (Fsp3) is 0.222. The summed E-state index contributed by atoms with van der Waals surface area (Å²) < 4.78 is 5.54. The normalized spacial score (nSPS) is 12.9. The highest BCUT2D eigenvalue weighted by molar-refractivity contribution is 6.34. The summed E-state index contributed by atoms with van der Waals surface area (Å²) in [5.74, 6) is -1.49. The summed E-state index contributed by atoms with van der Waals surface area (Å²) in [6.07, 6.45) is -0.344. The molecule has 0 heterocycles.